The van der Waals surface area contributed by atoms with Gasteiger partial charge in [-0.15, -0.1) is 0 Å². The number of benzene rings is 8. The van der Waals surface area contributed by atoms with E-state index in [2.05, 4.69) is 196 Å². The number of aryl methyl sites for hydroxylation is 2. The molecule has 8 aromatic carbocycles. The summed E-state index contributed by atoms with van der Waals surface area (Å²) in [5, 5.41) is 7.77. The molecule has 342 valence electrons. The molecule has 12 aromatic rings. The maximum Gasteiger partial charge on any atom is 0.145 e. The highest BCUT2D eigenvalue weighted by molar-refractivity contribution is 6.19. The number of fused-ring (bicyclic) bond motifs is 11. The fourth-order valence-electron chi connectivity index (χ4n) is 9.93. The van der Waals surface area contributed by atoms with E-state index in [0.29, 0.717) is 0 Å². The first-order valence-corrected chi connectivity index (χ1v) is 23.6. The van der Waals surface area contributed by atoms with E-state index < -0.39 is 0 Å². The summed E-state index contributed by atoms with van der Waals surface area (Å²) < 4.78 is 21.2. The lowest BCUT2D eigenvalue weighted by atomic mass is 9.94. The SMILES string of the molecule is C=C/C=C(/C)C(=C)c1c(C)ccc2c1oc1c2ccc2c1c(C=C)c(/C=C\C)n2-c1cccc(-c2ccc3oc4ccccc4c3c2)c1.CN.Cc1cccc(-c2ccc3oc4ccccc4c3c2)c1. The quantitative estimate of drug-likeness (QED) is 0.154. The van der Waals surface area contributed by atoms with Gasteiger partial charge in [-0.2, -0.15) is 0 Å². The summed E-state index contributed by atoms with van der Waals surface area (Å²) in [6.07, 6.45) is 9.97. The summed E-state index contributed by atoms with van der Waals surface area (Å²) in [4.78, 5) is 0. The third-order valence-electron chi connectivity index (χ3n) is 13.2. The van der Waals surface area contributed by atoms with Crippen LogP contribution in [0.25, 0.3) is 122 Å². The predicted octanol–water partition coefficient (Wildman–Crippen LogP) is 18.4. The van der Waals surface area contributed by atoms with Crippen molar-refractivity contribution in [1.29, 1.82) is 0 Å². The molecule has 0 aliphatic rings. The van der Waals surface area contributed by atoms with E-state index in [1.54, 1.807) is 6.08 Å². The number of rotatable bonds is 8. The Morgan fingerprint density at radius 3 is 1.74 bits per heavy atom. The van der Waals surface area contributed by atoms with Crippen LogP contribution in [0, 0.1) is 13.8 Å². The van der Waals surface area contributed by atoms with Gasteiger partial charge in [0, 0.05) is 49.1 Å². The molecule has 4 heterocycles. The first-order valence-electron chi connectivity index (χ1n) is 23.6. The first kappa shape index (κ1) is 45.2. The normalized spacial score (nSPS) is 11.8. The van der Waals surface area contributed by atoms with Gasteiger partial charge in [0.1, 0.15) is 33.5 Å². The lowest BCUT2D eigenvalue weighted by molar-refractivity contribution is 0.668. The number of nitrogens with two attached hydrogens (primary N) is 1. The standard InChI is InChI=1S/C45H35NO2.C19H14O.CH5N/c1-7-13-27(4)29(6)42-28(5)19-21-35-36-22-23-39-43(45(36)48-44(35)42)33(9-3)38(14-8-2)46(39)32-16-12-15-30(25-32)31-20-24-41-37(26-31)34-17-10-11-18-40(34)47-41;1-13-5-4-6-14(11-13)15-9-10-19-17(12-15)16-7-2-3-8-18(16)20-19;1-2/h7-26H,1,3,6H2,2,4-5H3;2-12H,1H3;2H2,1H3/b14-8-,27-13-;;. The maximum absolute atomic E-state index is 6.91. The maximum atomic E-state index is 6.91. The Bertz CT molecular complexity index is 4080. The van der Waals surface area contributed by atoms with Crippen molar-refractivity contribution < 1.29 is 13.3 Å². The minimum atomic E-state index is 0.846. The highest BCUT2D eigenvalue weighted by atomic mass is 16.3. The Hall–Kier alpha value is -8.64. The van der Waals surface area contributed by atoms with Crippen molar-refractivity contribution in [2.75, 3.05) is 7.05 Å². The van der Waals surface area contributed by atoms with Gasteiger partial charge in [-0.25, -0.2) is 0 Å². The third-order valence-corrected chi connectivity index (χ3v) is 13.2. The predicted molar refractivity (Wildman–Crippen MR) is 300 cm³/mol. The average molecular weight is 911 g/mol. The summed E-state index contributed by atoms with van der Waals surface area (Å²) in [5.74, 6) is 0. The van der Waals surface area contributed by atoms with Crippen molar-refractivity contribution in [3.8, 4) is 27.9 Å². The smallest absolute Gasteiger partial charge is 0.145 e. The molecule has 0 aliphatic heterocycles. The second kappa shape index (κ2) is 18.8. The Balaban J connectivity index is 0.000000214. The monoisotopic (exact) mass is 910 g/mol. The molecule has 0 fully saturated rings. The Morgan fingerprint density at radius 2 is 1.13 bits per heavy atom. The zero-order valence-electron chi connectivity index (χ0n) is 40.3. The Morgan fingerprint density at radius 1 is 0.557 bits per heavy atom. The molecule has 2 N–H and O–H groups in total. The van der Waals surface area contributed by atoms with Crippen LogP contribution < -0.4 is 5.73 Å². The number of nitrogens with zero attached hydrogens (tertiary/aromatic N) is 1. The van der Waals surface area contributed by atoms with Crippen LogP contribution in [0.15, 0.2) is 215 Å². The number of para-hydroxylation sites is 2. The number of aromatic nitrogens is 1. The lowest BCUT2D eigenvalue weighted by Crippen LogP contribution is -1.97. The van der Waals surface area contributed by atoms with E-state index in [1.807, 2.05) is 43.3 Å². The van der Waals surface area contributed by atoms with Crippen LogP contribution in [-0.4, -0.2) is 11.6 Å². The van der Waals surface area contributed by atoms with E-state index in [9.17, 15) is 0 Å². The summed E-state index contributed by atoms with van der Waals surface area (Å²) in [7, 11) is 1.50. The van der Waals surface area contributed by atoms with Gasteiger partial charge in [0.25, 0.3) is 0 Å². The Labute approximate surface area is 408 Å². The second-order valence-electron chi connectivity index (χ2n) is 17.5. The van der Waals surface area contributed by atoms with E-state index in [-0.39, 0.29) is 0 Å². The minimum Gasteiger partial charge on any atom is -0.456 e. The molecular weight excluding hydrogens is 857 g/mol. The van der Waals surface area contributed by atoms with Crippen LogP contribution in [0.2, 0.25) is 0 Å². The van der Waals surface area contributed by atoms with Crippen LogP contribution in [0.4, 0.5) is 0 Å². The highest BCUT2D eigenvalue weighted by Gasteiger charge is 2.23. The van der Waals surface area contributed by atoms with Gasteiger partial charge in [0.15, 0.2) is 0 Å². The summed E-state index contributed by atoms with van der Waals surface area (Å²) >= 11 is 0. The van der Waals surface area contributed by atoms with Crippen molar-refractivity contribution in [1.82, 2.24) is 4.57 Å². The van der Waals surface area contributed by atoms with Gasteiger partial charge in [-0.05, 0) is 140 Å². The average Bonchev–Trinajstić information content (AvgIpc) is 4.15. The summed E-state index contributed by atoms with van der Waals surface area (Å²) in [6.45, 7) is 21.0. The highest BCUT2D eigenvalue weighted by Crippen LogP contribution is 2.44. The van der Waals surface area contributed by atoms with Gasteiger partial charge in [-0.3, -0.25) is 0 Å². The first-order chi connectivity index (χ1) is 34.2. The van der Waals surface area contributed by atoms with Gasteiger partial charge in [-0.1, -0.05) is 147 Å². The molecular formula is C65H54N2O3. The van der Waals surface area contributed by atoms with E-state index in [4.69, 9.17) is 13.3 Å². The second-order valence-corrected chi connectivity index (χ2v) is 17.5. The van der Waals surface area contributed by atoms with Crippen LogP contribution in [-0.2, 0) is 0 Å². The Kier molecular flexibility index (Phi) is 12.1. The molecule has 12 rings (SSSR count). The van der Waals surface area contributed by atoms with Crippen molar-refractivity contribution in [3.63, 3.8) is 0 Å². The molecule has 70 heavy (non-hydrogen) atoms. The van der Waals surface area contributed by atoms with Gasteiger partial charge in [0.05, 0.1) is 16.6 Å². The largest absolute Gasteiger partial charge is 0.456 e. The molecule has 0 atom stereocenters. The van der Waals surface area contributed by atoms with Crippen molar-refractivity contribution in [2.24, 2.45) is 5.73 Å². The fraction of sp³-hybridized carbons (Fsp3) is 0.0769. The van der Waals surface area contributed by atoms with Crippen LogP contribution >= 0.6 is 0 Å². The van der Waals surface area contributed by atoms with Crippen LogP contribution in [0.5, 0.6) is 0 Å². The zero-order valence-corrected chi connectivity index (χ0v) is 40.3. The lowest BCUT2D eigenvalue weighted by Gasteiger charge is -2.12. The number of furan rings is 3. The number of allylic oxidation sites excluding steroid dienone is 5. The van der Waals surface area contributed by atoms with Crippen molar-refractivity contribution in [2.45, 2.75) is 27.7 Å². The van der Waals surface area contributed by atoms with Crippen molar-refractivity contribution in [3.05, 3.63) is 229 Å². The molecule has 0 saturated heterocycles. The molecule has 0 radical (unpaired) electrons. The van der Waals surface area contributed by atoms with E-state index in [1.165, 1.54) is 34.5 Å². The van der Waals surface area contributed by atoms with Crippen LogP contribution in [0.3, 0.4) is 0 Å². The van der Waals surface area contributed by atoms with Gasteiger partial charge < -0.3 is 23.6 Å². The molecule has 0 aliphatic carbocycles. The molecule has 0 bridgehead atoms. The zero-order chi connectivity index (χ0) is 48.6. The molecule has 0 spiro atoms. The minimum absolute atomic E-state index is 0.846. The molecule has 0 unspecified atom stereocenters. The van der Waals surface area contributed by atoms with Crippen molar-refractivity contribution >= 4 is 94.4 Å². The fourth-order valence-corrected chi connectivity index (χ4v) is 9.93. The summed E-state index contributed by atoms with van der Waals surface area (Å²) in [6, 6.07) is 55.2. The van der Waals surface area contributed by atoms with Gasteiger partial charge >= 0.3 is 0 Å². The summed E-state index contributed by atoms with van der Waals surface area (Å²) in [5.41, 5.74) is 24.2. The van der Waals surface area contributed by atoms with E-state index >= 15 is 0 Å². The molecule has 5 nitrogen and oxygen atoms in total. The molecule has 5 heteroatoms. The molecule has 4 aromatic heterocycles. The van der Waals surface area contributed by atoms with E-state index in [0.717, 1.165) is 116 Å². The number of hydrogen-bond donors (Lipinski definition) is 1. The van der Waals surface area contributed by atoms with Crippen LogP contribution in [0.1, 0.15) is 41.8 Å². The molecule has 0 saturated carbocycles. The third kappa shape index (κ3) is 7.76. The number of hydrogen-bond acceptors (Lipinski definition) is 4. The molecule has 0 amide bonds. The topological polar surface area (TPSA) is 70.4 Å². The van der Waals surface area contributed by atoms with Gasteiger partial charge in [0.2, 0.25) is 0 Å².